The van der Waals surface area contributed by atoms with Gasteiger partial charge in [0.05, 0.1) is 10.6 Å². The molecule has 1 amide bonds. The van der Waals surface area contributed by atoms with E-state index in [-0.39, 0.29) is 16.6 Å². The van der Waals surface area contributed by atoms with Crippen molar-refractivity contribution in [2.24, 2.45) is 5.14 Å². The molecule has 5 nitrogen and oxygen atoms in total. The molecule has 0 unspecified atom stereocenters. The molecule has 122 valence electrons. The van der Waals surface area contributed by atoms with Gasteiger partial charge in [0.1, 0.15) is 0 Å². The first kappa shape index (κ1) is 17.5. The number of nitrogens with two attached hydrogens (primary N) is 1. The third kappa shape index (κ3) is 5.09. The summed E-state index contributed by atoms with van der Waals surface area (Å²) in [4.78, 5) is 13.0. The molecule has 0 aromatic heterocycles. The lowest BCUT2D eigenvalue weighted by molar-refractivity contribution is -0.113. The fraction of sp³-hybridized carbons (Fsp3) is 0.188. The molecule has 0 spiro atoms. The second-order valence-corrected chi connectivity index (χ2v) is 7.76. The van der Waals surface area contributed by atoms with Crippen LogP contribution in [-0.4, -0.2) is 20.1 Å². The molecular formula is C16H18N2O3S2. The summed E-state index contributed by atoms with van der Waals surface area (Å²) in [5.41, 5.74) is 2.94. The van der Waals surface area contributed by atoms with E-state index in [1.807, 2.05) is 32.0 Å². The van der Waals surface area contributed by atoms with Gasteiger partial charge in [0.15, 0.2) is 0 Å². The van der Waals surface area contributed by atoms with E-state index in [0.29, 0.717) is 5.69 Å². The number of hydrogen-bond donors (Lipinski definition) is 2. The van der Waals surface area contributed by atoms with Crippen molar-refractivity contribution in [2.45, 2.75) is 23.6 Å². The van der Waals surface area contributed by atoms with Crippen LogP contribution in [0.4, 0.5) is 5.69 Å². The molecule has 0 atom stereocenters. The molecule has 3 N–H and O–H groups in total. The molecule has 0 saturated carbocycles. The SMILES string of the molecule is Cc1ccc(SCC(=O)Nc2ccc(S(N)(=O)=O)cc2)cc1C. The van der Waals surface area contributed by atoms with E-state index in [9.17, 15) is 13.2 Å². The highest BCUT2D eigenvalue weighted by atomic mass is 32.2. The number of carbonyl (C=O) groups excluding carboxylic acids is 1. The predicted molar refractivity (Wildman–Crippen MR) is 93.1 cm³/mol. The zero-order valence-electron chi connectivity index (χ0n) is 12.9. The van der Waals surface area contributed by atoms with E-state index in [1.165, 1.54) is 47.2 Å². The number of rotatable bonds is 5. The number of thioether (sulfide) groups is 1. The Morgan fingerprint density at radius 2 is 1.74 bits per heavy atom. The summed E-state index contributed by atoms with van der Waals surface area (Å²) in [5, 5.41) is 7.75. The van der Waals surface area contributed by atoms with Crippen molar-refractivity contribution in [2.75, 3.05) is 11.1 Å². The van der Waals surface area contributed by atoms with Gasteiger partial charge in [0, 0.05) is 10.6 Å². The van der Waals surface area contributed by atoms with Crippen LogP contribution in [0, 0.1) is 13.8 Å². The van der Waals surface area contributed by atoms with Crippen LogP contribution in [0.2, 0.25) is 0 Å². The van der Waals surface area contributed by atoms with Crippen LogP contribution in [0.3, 0.4) is 0 Å². The van der Waals surface area contributed by atoms with Crippen molar-refractivity contribution < 1.29 is 13.2 Å². The molecule has 2 rings (SSSR count). The summed E-state index contributed by atoms with van der Waals surface area (Å²) in [5.74, 6) is 0.121. The van der Waals surface area contributed by atoms with Crippen LogP contribution in [0.25, 0.3) is 0 Å². The average Bonchev–Trinajstić information content (AvgIpc) is 2.48. The maximum atomic E-state index is 11.9. The third-order valence-corrected chi connectivity index (χ3v) is 5.24. The zero-order chi connectivity index (χ0) is 17.0. The molecule has 23 heavy (non-hydrogen) atoms. The minimum atomic E-state index is -3.72. The largest absolute Gasteiger partial charge is 0.325 e. The van der Waals surface area contributed by atoms with E-state index in [1.54, 1.807) is 0 Å². The molecule has 0 aliphatic rings. The summed E-state index contributed by atoms with van der Waals surface area (Å²) in [6.45, 7) is 4.08. The monoisotopic (exact) mass is 350 g/mol. The van der Waals surface area contributed by atoms with Gasteiger partial charge in [-0.2, -0.15) is 0 Å². The Hall–Kier alpha value is -1.83. The molecule has 2 aromatic carbocycles. The molecule has 0 saturated heterocycles. The van der Waals surface area contributed by atoms with Crippen molar-refractivity contribution >= 4 is 33.4 Å². The first-order valence-electron chi connectivity index (χ1n) is 6.88. The van der Waals surface area contributed by atoms with Gasteiger partial charge < -0.3 is 5.32 Å². The number of anilines is 1. The van der Waals surface area contributed by atoms with Gasteiger partial charge in [-0.25, -0.2) is 13.6 Å². The van der Waals surface area contributed by atoms with E-state index in [2.05, 4.69) is 5.32 Å². The minimum absolute atomic E-state index is 0.0139. The maximum Gasteiger partial charge on any atom is 0.238 e. The van der Waals surface area contributed by atoms with Gasteiger partial charge in [-0.05, 0) is 61.4 Å². The van der Waals surface area contributed by atoms with E-state index in [4.69, 9.17) is 5.14 Å². The lowest BCUT2D eigenvalue weighted by Crippen LogP contribution is -2.15. The zero-order valence-corrected chi connectivity index (χ0v) is 14.5. The van der Waals surface area contributed by atoms with Crippen molar-refractivity contribution in [3.63, 3.8) is 0 Å². The van der Waals surface area contributed by atoms with Crippen molar-refractivity contribution in [1.29, 1.82) is 0 Å². The molecule has 0 radical (unpaired) electrons. The summed E-state index contributed by atoms with van der Waals surface area (Å²) in [6.07, 6.45) is 0. The maximum absolute atomic E-state index is 11.9. The summed E-state index contributed by atoms with van der Waals surface area (Å²) >= 11 is 1.45. The Labute approximate surface area is 140 Å². The smallest absolute Gasteiger partial charge is 0.238 e. The lowest BCUT2D eigenvalue weighted by Gasteiger charge is -2.07. The molecule has 0 bridgehead atoms. The highest BCUT2D eigenvalue weighted by molar-refractivity contribution is 8.00. The minimum Gasteiger partial charge on any atom is -0.325 e. The highest BCUT2D eigenvalue weighted by Gasteiger charge is 2.08. The second kappa shape index (κ2) is 7.16. The van der Waals surface area contributed by atoms with Gasteiger partial charge >= 0.3 is 0 Å². The number of aryl methyl sites for hydroxylation is 2. The molecule has 0 heterocycles. The van der Waals surface area contributed by atoms with Gasteiger partial charge in [0.25, 0.3) is 0 Å². The Bertz CT molecular complexity index is 816. The standard InChI is InChI=1S/C16H18N2O3S2/c1-11-3-6-14(9-12(11)2)22-10-16(19)18-13-4-7-15(8-5-13)23(17,20)21/h3-9H,10H2,1-2H3,(H,18,19)(H2,17,20,21). The average molecular weight is 350 g/mol. The molecular weight excluding hydrogens is 332 g/mol. The first-order valence-corrected chi connectivity index (χ1v) is 9.41. The Morgan fingerprint density at radius 3 is 2.30 bits per heavy atom. The number of hydrogen-bond acceptors (Lipinski definition) is 4. The van der Waals surface area contributed by atoms with Crippen molar-refractivity contribution in [3.05, 3.63) is 53.6 Å². The lowest BCUT2D eigenvalue weighted by atomic mass is 10.1. The van der Waals surface area contributed by atoms with E-state index < -0.39 is 10.0 Å². The van der Waals surface area contributed by atoms with Crippen LogP contribution < -0.4 is 10.5 Å². The Kier molecular flexibility index (Phi) is 5.46. The van der Waals surface area contributed by atoms with Crippen LogP contribution in [0.1, 0.15) is 11.1 Å². The van der Waals surface area contributed by atoms with Crippen LogP contribution in [0.5, 0.6) is 0 Å². The number of amides is 1. The Balaban J connectivity index is 1.93. The van der Waals surface area contributed by atoms with Gasteiger partial charge in [-0.1, -0.05) is 6.07 Å². The van der Waals surface area contributed by atoms with Gasteiger partial charge in [-0.15, -0.1) is 11.8 Å². The normalized spacial score (nSPS) is 11.3. The van der Waals surface area contributed by atoms with Crippen LogP contribution in [-0.2, 0) is 14.8 Å². The van der Waals surface area contributed by atoms with Gasteiger partial charge in [-0.3, -0.25) is 4.79 Å². The van der Waals surface area contributed by atoms with Crippen molar-refractivity contribution in [3.8, 4) is 0 Å². The number of benzene rings is 2. The summed E-state index contributed by atoms with van der Waals surface area (Å²) in [6, 6.07) is 11.8. The number of carbonyl (C=O) groups is 1. The Morgan fingerprint density at radius 1 is 1.09 bits per heavy atom. The van der Waals surface area contributed by atoms with E-state index >= 15 is 0 Å². The third-order valence-electron chi connectivity index (χ3n) is 3.31. The van der Waals surface area contributed by atoms with Crippen molar-refractivity contribution in [1.82, 2.24) is 0 Å². The number of primary sulfonamides is 1. The fourth-order valence-corrected chi connectivity index (χ4v) is 3.19. The van der Waals surface area contributed by atoms with Gasteiger partial charge in [0.2, 0.25) is 15.9 Å². The van der Waals surface area contributed by atoms with Crippen LogP contribution in [0.15, 0.2) is 52.3 Å². The van der Waals surface area contributed by atoms with E-state index in [0.717, 1.165) is 4.90 Å². The molecule has 2 aromatic rings. The molecule has 0 aliphatic heterocycles. The summed E-state index contributed by atoms with van der Waals surface area (Å²) in [7, 11) is -3.72. The number of sulfonamides is 1. The molecule has 7 heteroatoms. The predicted octanol–water partition coefficient (Wildman–Crippen LogP) is 2.68. The highest BCUT2D eigenvalue weighted by Crippen LogP contribution is 2.21. The fourth-order valence-electron chi connectivity index (χ4n) is 1.88. The number of nitrogens with one attached hydrogen (secondary N) is 1. The first-order chi connectivity index (χ1) is 10.8. The second-order valence-electron chi connectivity index (χ2n) is 5.15. The van der Waals surface area contributed by atoms with Crippen LogP contribution >= 0.6 is 11.8 Å². The molecule has 0 aliphatic carbocycles. The molecule has 0 fully saturated rings. The topological polar surface area (TPSA) is 89.3 Å². The summed E-state index contributed by atoms with van der Waals surface area (Å²) < 4.78 is 22.3. The quantitative estimate of drug-likeness (QED) is 0.811.